The van der Waals surface area contributed by atoms with Crippen molar-refractivity contribution in [2.24, 2.45) is 0 Å². The van der Waals surface area contributed by atoms with Crippen LogP contribution >= 0.6 is 0 Å². The fraction of sp³-hybridized carbons (Fsp3) is 0.231. The number of methoxy groups -OCH3 is 1. The number of aryl methyl sites for hydroxylation is 1. The van der Waals surface area contributed by atoms with Crippen LogP contribution in [-0.2, 0) is 16.0 Å². The van der Waals surface area contributed by atoms with Crippen molar-refractivity contribution in [1.29, 1.82) is 0 Å². The summed E-state index contributed by atoms with van der Waals surface area (Å²) < 4.78 is 4.64. The number of nitrogens with zero attached hydrogens (tertiary/aromatic N) is 1. The molecule has 1 aromatic heterocycles. The van der Waals surface area contributed by atoms with Gasteiger partial charge in [-0.1, -0.05) is 6.07 Å². The number of fused-ring (bicyclic) bond motifs is 1. The highest BCUT2D eigenvalue weighted by molar-refractivity contribution is 5.81. The second kappa shape index (κ2) is 4.31. The van der Waals surface area contributed by atoms with Crippen LogP contribution in [-0.4, -0.2) is 18.1 Å². The predicted octanol–water partition coefficient (Wildman–Crippen LogP) is 2.26. The zero-order valence-electron chi connectivity index (χ0n) is 9.36. The first-order chi connectivity index (χ1) is 7.69. The first-order valence-electron chi connectivity index (χ1n) is 5.11. The molecule has 0 bridgehead atoms. The maximum atomic E-state index is 11.1. The van der Waals surface area contributed by atoms with Gasteiger partial charge in [0.1, 0.15) is 0 Å². The van der Waals surface area contributed by atoms with Gasteiger partial charge < -0.3 is 4.74 Å². The van der Waals surface area contributed by atoms with E-state index in [0.29, 0.717) is 6.42 Å². The largest absolute Gasteiger partial charge is 0.469 e. The van der Waals surface area contributed by atoms with E-state index < -0.39 is 0 Å². The monoisotopic (exact) mass is 215 g/mol. The van der Waals surface area contributed by atoms with Gasteiger partial charge in [-0.25, -0.2) is 0 Å². The molecular weight excluding hydrogens is 202 g/mol. The van der Waals surface area contributed by atoms with Gasteiger partial charge in [0.25, 0.3) is 0 Å². The Hall–Kier alpha value is -1.90. The second-order valence-electron chi connectivity index (χ2n) is 3.79. The Kier molecular flexibility index (Phi) is 2.86. The normalized spacial score (nSPS) is 10.4. The number of rotatable bonds is 2. The lowest BCUT2D eigenvalue weighted by Crippen LogP contribution is -2.04. The van der Waals surface area contributed by atoms with Gasteiger partial charge in [-0.2, -0.15) is 0 Å². The van der Waals surface area contributed by atoms with Crippen molar-refractivity contribution in [3.05, 3.63) is 41.6 Å². The van der Waals surface area contributed by atoms with Crippen LogP contribution in [0.2, 0.25) is 0 Å². The molecule has 0 spiro atoms. The van der Waals surface area contributed by atoms with Crippen LogP contribution in [0.3, 0.4) is 0 Å². The molecule has 0 aliphatic heterocycles. The van der Waals surface area contributed by atoms with Crippen LogP contribution in [0.25, 0.3) is 10.9 Å². The number of pyridine rings is 1. The Morgan fingerprint density at radius 1 is 1.38 bits per heavy atom. The van der Waals surface area contributed by atoms with Crippen molar-refractivity contribution in [3.63, 3.8) is 0 Å². The second-order valence-corrected chi connectivity index (χ2v) is 3.79. The van der Waals surface area contributed by atoms with E-state index in [0.717, 1.165) is 22.0 Å². The van der Waals surface area contributed by atoms with Crippen molar-refractivity contribution < 1.29 is 9.53 Å². The molecule has 0 radical (unpaired) electrons. The lowest BCUT2D eigenvalue weighted by Gasteiger charge is -2.03. The number of aromatic nitrogens is 1. The molecule has 0 aliphatic carbocycles. The van der Waals surface area contributed by atoms with Gasteiger partial charge in [-0.3, -0.25) is 9.78 Å². The highest BCUT2D eigenvalue weighted by Gasteiger charge is 2.04. The number of ether oxygens (including phenoxy) is 1. The van der Waals surface area contributed by atoms with E-state index in [-0.39, 0.29) is 5.97 Å². The van der Waals surface area contributed by atoms with Gasteiger partial charge in [0.15, 0.2) is 0 Å². The Balaban J connectivity index is 2.39. The summed E-state index contributed by atoms with van der Waals surface area (Å²) >= 11 is 0. The number of carbonyl (C=O) groups excluding carboxylic acids is 1. The fourth-order valence-corrected chi connectivity index (χ4v) is 1.64. The van der Waals surface area contributed by atoms with E-state index in [1.54, 1.807) is 0 Å². The summed E-state index contributed by atoms with van der Waals surface area (Å²) in [6, 6.07) is 7.87. The summed E-state index contributed by atoms with van der Waals surface area (Å²) in [6.07, 6.45) is 2.14. The summed E-state index contributed by atoms with van der Waals surface area (Å²) in [5.74, 6) is -0.222. The molecule has 0 fully saturated rings. The summed E-state index contributed by atoms with van der Waals surface area (Å²) in [6.45, 7) is 2.00. The van der Waals surface area contributed by atoms with Gasteiger partial charge in [0.05, 0.1) is 19.0 Å². The van der Waals surface area contributed by atoms with Gasteiger partial charge >= 0.3 is 5.97 Å². The number of hydrogen-bond donors (Lipinski definition) is 0. The molecule has 16 heavy (non-hydrogen) atoms. The van der Waals surface area contributed by atoms with Crippen LogP contribution in [0, 0.1) is 6.92 Å². The quantitative estimate of drug-likeness (QED) is 0.721. The Labute approximate surface area is 94.1 Å². The lowest BCUT2D eigenvalue weighted by molar-refractivity contribution is -0.139. The first-order valence-corrected chi connectivity index (χ1v) is 5.11. The third kappa shape index (κ3) is 2.19. The number of carbonyl (C=O) groups is 1. The molecular formula is C13H13NO2. The maximum absolute atomic E-state index is 11.1. The third-order valence-corrected chi connectivity index (χ3v) is 2.46. The molecule has 0 saturated heterocycles. The molecule has 0 N–H and O–H groups in total. The Bertz CT molecular complexity index is 534. The minimum Gasteiger partial charge on any atom is -0.469 e. The summed E-state index contributed by atoms with van der Waals surface area (Å²) in [5, 5.41) is 1.06. The highest BCUT2D eigenvalue weighted by atomic mass is 16.5. The van der Waals surface area contributed by atoms with E-state index in [1.165, 1.54) is 7.11 Å². The smallest absolute Gasteiger partial charge is 0.309 e. The average Bonchev–Trinajstić information content (AvgIpc) is 2.28. The molecule has 3 nitrogen and oxygen atoms in total. The molecule has 2 aromatic rings. The lowest BCUT2D eigenvalue weighted by atomic mass is 10.1. The van der Waals surface area contributed by atoms with Gasteiger partial charge in [0.2, 0.25) is 0 Å². The number of esters is 1. The fourth-order valence-electron chi connectivity index (χ4n) is 1.64. The van der Waals surface area contributed by atoms with E-state index in [9.17, 15) is 4.79 Å². The van der Waals surface area contributed by atoms with Crippen LogP contribution in [0.15, 0.2) is 30.5 Å². The van der Waals surface area contributed by atoms with E-state index in [4.69, 9.17) is 0 Å². The molecule has 82 valence electrons. The van der Waals surface area contributed by atoms with Crippen LogP contribution in [0.1, 0.15) is 11.1 Å². The minimum atomic E-state index is -0.222. The molecule has 0 aliphatic rings. The summed E-state index contributed by atoms with van der Waals surface area (Å²) in [4.78, 5) is 15.5. The molecule has 3 heteroatoms. The van der Waals surface area contributed by atoms with Crippen LogP contribution in [0.4, 0.5) is 0 Å². The highest BCUT2D eigenvalue weighted by Crippen LogP contribution is 2.15. The van der Waals surface area contributed by atoms with E-state index >= 15 is 0 Å². The molecule has 0 saturated carbocycles. The first kappa shape index (κ1) is 10.6. The average molecular weight is 215 g/mol. The summed E-state index contributed by atoms with van der Waals surface area (Å²) in [5.41, 5.74) is 3.01. The minimum absolute atomic E-state index is 0.222. The van der Waals surface area contributed by atoms with Gasteiger partial charge in [-0.05, 0) is 36.2 Å². The van der Waals surface area contributed by atoms with Crippen molar-refractivity contribution >= 4 is 16.9 Å². The maximum Gasteiger partial charge on any atom is 0.309 e. The van der Waals surface area contributed by atoms with Crippen molar-refractivity contribution in [3.8, 4) is 0 Å². The molecule has 0 amide bonds. The predicted molar refractivity (Wildman–Crippen MR) is 62.2 cm³/mol. The van der Waals surface area contributed by atoms with Crippen molar-refractivity contribution in [1.82, 2.24) is 4.98 Å². The Morgan fingerprint density at radius 2 is 2.19 bits per heavy atom. The van der Waals surface area contributed by atoms with Crippen LogP contribution < -0.4 is 0 Å². The number of benzene rings is 1. The molecule has 1 aromatic carbocycles. The van der Waals surface area contributed by atoms with Crippen molar-refractivity contribution in [2.75, 3.05) is 7.11 Å². The molecule has 1 heterocycles. The molecule has 2 rings (SSSR count). The third-order valence-electron chi connectivity index (χ3n) is 2.46. The van der Waals surface area contributed by atoms with Crippen LogP contribution in [0.5, 0.6) is 0 Å². The number of hydrogen-bond acceptors (Lipinski definition) is 3. The van der Waals surface area contributed by atoms with E-state index in [1.807, 2.05) is 31.3 Å². The zero-order chi connectivity index (χ0) is 11.5. The van der Waals surface area contributed by atoms with Gasteiger partial charge in [0, 0.05) is 11.6 Å². The zero-order valence-corrected chi connectivity index (χ0v) is 9.36. The SMILES string of the molecule is COC(=O)Cc1ccc2ncc(C)cc2c1. The topological polar surface area (TPSA) is 39.2 Å². The van der Waals surface area contributed by atoms with Gasteiger partial charge in [-0.15, -0.1) is 0 Å². The molecule has 0 atom stereocenters. The standard InChI is InChI=1S/C13H13NO2/c1-9-5-11-6-10(7-13(15)16-2)3-4-12(11)14-8-9/h3-6,8H,7H2,1-2H3. The molecule has 0 unspecified atom stereocenters. The Morgan fingerprint density at radius 3 is 2.94 bits per heavy atom. The summed E-state index contributed by atoms with van der Waals surface area (Å²) in [7, 11) is 1.40. The van der Waals surface area contributed by atoms with Crippen molar-refractivity contribution in [2.45, 2.75) is 13.3 Å². The van der Waals surface area contributed by atoms with E-state index in [2.05, 4.69) is 15.8 Å².